The van der Waals surface area contributed by atoms with Gasteiger partial charge in [-0.05, 0) is 109 Å². The number of Topliss-reactive ketones (excluding diaryl/α,β-unsaturated/α-hetero) is 4. The van der Waals surface area contributed by atoms with Gasteiger partial charge >= 0.3 is 11.9 Å². The van der Waals surface area contributed by atoms with Crippen molar-refractivity contribution in [1.82, 2.24) is 0 Å². The molecule has 0 radical (unpaired) electrons. The van der Waals surface area contributed by atoms with Crippen molar-refractivity contribution in [1.29, 1.82) is 0 Å². The minimum atomic E-state index is -1.25. The molecule has 92 heavy (non-hydrogen) atoms. The van der Waals surface area contributed by atoms with Gasteiger partial charge in [-0.25, -0.2) is 27.2 Å². The maximum absolute atomic E-state index is 14.2. The van der Waals surface area contributed by atoms with Gasteiger partial charge in [-0.15, -0.1) is 0 Å². The number of hydrogen-bond donors (Lipinski definition) is 5. The summed E-state index contributed by atoms with van der Waals surface area (Å²) in [6.07, 6.45) is 0.904. The van der Waals surface area contributed by atoms with Crippen molar-refractivity contribution in [2.24, 2.45) is 0 Å². The van der Waals surface area contributed by atoms with Gasteiger partial charge in [0.15, 0.2) is 38.1 Å². The third-order valence-corrected chi connectivity index (χ3v) is 13.8. The Morgan fingerprint density at radius 3 is 1.37 bits per heavy atom. The number of carbonyl (C=O) groups excluding carboxylic acids is 6. The summed E-state index contributed by atoms with van der Waals surface area (Å²) in [7, 11) is 2.40. The predicted molar refractivity (Wildman–Crippen MR) is 318 cm³/mol. The molecule has 0 saturated carbocycles. The van der Waals surface area contributed by atoms with Crippen molar-refractivity contribution in [3.63, 3.8) is 0 Å². The first-order chi connectivity index (χ1) is 44.1. The maximum atomic E-state index is 14.2. The molecule has 5 N–H and O–H groups in total. The van der Waals surface area contributed by atoms with Crippen molar-refractivity contribution < 1.29 is 114 Å². The van der Waals surface area contributed by atoms with E-state index in [1.54, 1.807) is 0 Å². The Labute approximate surface area is 522 Å². The predicted octanol–water partition coefficient (Wildman–Crippen LogP) is 11.5. The van der Waals surface area contributed by atoms with E-state index in [1.165, 1.54) is 87.0 Å². The van der Waals surface area contributed by atoms with Gasteiger partial charge in [0.2, 0.25) is 23.1 Å². The number of hydrogen-bond acceptors (Lipinski definition) is 20. The summed E-state index contributed by atoms with van der Waals surface area (Å²) in [5, 5.41) is 55.3. The van der Waals surface area contributed by atoms with Crippen molar-refractivity contribution >= 4 is 35.1 Å². The summed E-state index contributed by atoms with van der Waals surface area (Å²) in [4.78, 5) is 79.2. The number of esters is 2. The Morgan fingerprint density at radius 1 is 0.380 bits per heavy atom. The highest BCUT2D eigenvalue weighted by Gasteiger charge is 2.25. The summed E-state index contributed by atoms with van der Waals surface area (Å²) < 4.78 is 106. The average molecular weight is 1270 g/mol. The highest BCUT2D eigenvalue weighted by molar-refractivity contribution is 6.02. The Balaban J connectivity index is 1.02. The molecular formula is C68H58F4O20. The lowest BCUT2D eigenvalue weighted by molar-refractivity contribution is 0.0591. The lowest BCUT2D eigenvalue weighted by Gasteiger charge is -2.18. The zero-order valence-electron chi connectivity index (χ0n) is 49.4. The van der Waals surface area contributed by atoms with Crippen LogP contribution in [0.2, 0.25) is 0 Å². The monoisotopic (exact) mass is 1270 g/mol. The Kier molecular flexibility index (Phi) is 22.3. The van der Waals surface area contributed by atoms with Crippen LogP contribution in [-0.4, -0.2) is 108 Å². The second-order valence-electron chi connectivity index (χ2n) is 20.3. The summed E-state index contributed by atoms with van der Waals surface area (Å²) in [5.41, 5.74) is -0.00658. The van der Waals surface area contributed by atoms with E-state index in [9.17, 15) is 71.9 Å². The van der Waals surface area contributed by atoms with Crippen LogP contribution in [0, 0.1) is 23.3 Å². The van der Waals surface area contributed by atoms with Crippen LogP contribution in [0.15, 0.2) is 133 Å². The molecule has 0 aliphatic heterocycles. The third-order valence-electron chi connectivity index (χ3n) is 13.8. The van der Waals surface area contributed by atoms with Crippen molar-refractivity contribution in [2.75, 3.05) is 47.3 Å². The normalized spacial score (nSPS) is 10.9. The fraction of sp³-hybridized carbons (Fsp3) is 0.206. The SMILES string of the molecule is CCCc1cc(C(=O)COc2cc(F)cc(F)c2)c(OCc2cc(C(=O)COc3cccc(C(=O)OC)c3)c(OCCCc3cc(C(=O)COc4ccc(F)c(F)c4)c(OCc4cc(C(=O)COc5ccc(C(=O)OC)cc5)c(O)cc4O)cc3O)cc2O)cc1O. The molecule has 24 heteroatoms. The molecule has 0 heterocycles. The van der Waals surface area contributed by atoms with Gasteiger partial charge in [0.05, 0.1) is 54.2 Å². The molecule has 0 atom stereocenters. The van der Waals surface area contributed by atoms with Crippen LogP contribution >= 0.6 is 0 Å². The number of benzene rings is 8. The number of methoxy groups -OCH3 is 2. The Hall–Kier alpha value is -11.3. The van der Waals surface area contributed by atoms with Gasteiger partial charge in [-0.1, -0.05) is 19.4 Å². The number of aryl methyl sites for hydroxylation is 2. The van der Waals surface area contributed by atoms with Crippen LogP contribution in [0.3, 0.4) is 0 Å². The second kappa shape index (κ2) is 30.8. The van der Waals surface area contributed by atoms with E-state index in [-0.39, 0.29) is 116 Å². The van der Waals surface area contributed by atoms with E-state index in [4.69, 9.17) is 37.9 Å². The molecule has 0 aliphatic carbocycles. The van der Waals surface area contributed by atoms with Gasteiger partial charge in [-0.2, -0.15) is 0 Å². The topological polar surface area (TPSA) is 287 Å². The number of rotatable bonds is 31. The molecular weight excluding hydrogens is 1210 g/mol. The van der Waals surface area contributed by atoms with Gasteiger partial charge in [0.25, 0.3) is 0 Å². The van der Waals surface area contributed by atoms with E-state index in [2.05, 4.69) is 4.74 Å². The van der Waals surface area contributed by atoms with Crippen molar-refractivity contribution in [3.8, 4) is 69.0 Å². The fourth-order valence-electron chi connectivity index (χ4n) is 9.08. The molecule has 0 saturated heterocycles. The van der Waals surface area contributed by atoms with Crippen molar-refractivity contribution in [2.45, 2.75) is 45.8 Å². The van der Waals surface area contributed by atoms with E-state index in [0.29, 0.717) is 24.5 Å². The molecule has 0 aliphatic rings. The minimum Gasteiger partial charge on any atom is -0.508 e. The number of aromatic hydroxyl groups is 5. The molecule has 0 amide bonds. The molecule has 0 bridgehead atoms. The zero-order chi connectivity index (χ0) is 66.2. The standard InChI is InChI=1S/C68H58F4O20/c1-4-7-38-19-50(63(81)36-90-48-24-43(69)23-44(70)25-48)65(28-56(38)74)92-32-42-22-52(62(80)34-88-46-10-5-8-40(18-46)68(83)85-3)64(30-58(42)76)86-17-6-9-39-20-51(61(79)35-89-47-15-16-53(71)54(72)26-47)66(29-57(39)75)91-31-41-21-49(59(77)27-55(41)73)60(78)33-87-45-13-11-37(12-14-45)67(82)84-2/h5,8,10-16,18-30,73-77H,4,6-7,9,17,31-36H2,1-3H3. The summed E-state index contributed by atoms with van der Waals surface area (Å²) in [5.74, 6) is -11.6. The van der Waals surface area contributed by atoms with E-state index in [0.717, 1.165) is 54.6 Å². The van der Waals surface area contributed by atoms with Crippen LogP contribution in [0.4, 0.5) is 17.6 Å². The molecule has 8 aromatic carbocycles. The second-order valence-corrected chi connectivity index (χ2v) is 20.3. The summed E-state index contributed by atoms with van der Waals surface area (Å²) >= 11 is 0. The highest BCUT2D eigenvalue weighted by Crippen LogP contribution is 2.37. The van der Waals surface area contributed by atoms with E-state index in [1.807, 2.05) is 6.92 Å². The van der Waals surface area contributed by atoms with Crippen LogP contribution in [0.5, 0.6) is 69.0 Å². The minimum absolute atomic E-state index is 0.0324. The maximum Gasteiger partial charge on any atom is 0.337 e. The van der Waals surface area contributed by atoms with E-state index < -0.39 is 121 Å². The van der Waals surface area contributed by atoms with Gasteiger partial charge in [0.1, 0.15) is 93.8 Å². The van der Waals surface area contributed by atoms with Gasteiger partial charge < -0.3 is 68.2 Å². The van der Waals surface area contributed by atoms with Gasteiger partial charge in [-0.3, -0.25) is 19.2 Å². The number of carbonyl (C=O) groups is 6. The van der Waals surface area contributed by atoms with Gasteiger partial charge in [0, 0.05) is 59.7 Å². The largest absolute Gasteiger partial charge is 0.508 e. The third kappa shape index (κ3) is 17.3. The van der Waals surface area contributed by atoms with Crippen molar-refractivity contribution in [3.05, 3.63) is 212 Å². The molecule has 0 fully saturated rings. The average Bonchev–Trinajstić information content (AvgIpc) is 0.855. The summed E-state index contributed by atoms with van der Waals surface area (Å²) in [6, 6.07) is 25.7. The number of phenolic OH excluding ortho intramolecular Hbond substituents is 5. The molecule has 8 rings (SSSR count). The highest BCUT2D eigenvalue weighted by atomic mass is 19.2. The van der Waals surface area contributed by atoms with Crippen LogP contribution < -0.4 is 33.2 Å². The molecule has 0 spiro atoms. The molecule has 478 valence electrons. The van der Waals surface area contributed by atoms with Crippen LogP contribution in [0.25, 0.3) is 0 Å². The smallest absolute Gasteiger partial charge is 0.337 e. The zero-order valence-corrected chi connectivity index (χ0v) is 49.4. The summed E-state index contributed by atoms with van der Waals surface area (Å²) in [6.45, 7) is -2.21. The number of phenols is 5. The molecule has 0 aromatic heterocycles. The fourth-order valence-corrected chi connectivity index (χ4v) is 9.08. The number of ether oxygens (including phenoxy) is 9. The van der Waals surface area contributed by atoms with Crippen LogP contribution in [0.1, 0.15) is 104 Å². The molecule has 8 aromatic rings. The van der Waals surface area contributed by atoms with E-state index >= 15 is 0 Å². The molecule has 20 nitrogen and oxygen atoms in total. The Bertz CT molecular complexity index is 4060. The first-order valence-corrected chi connectivity index (χ1v) is 28.0. The Morgan fingerprint density at radius 2 is 0.826 bits per heavy atom. The molecule has 0 unspecified atom stereocenters. The lowest BCUT2D eigenvalue weighted by atomic mass is 10.0. The first kappa shape index (κ1) is 66.6. The first-order valence-electron chi connectivity index (χ1n) is 28.0. The number of halogens is 4. The van der Waals surface area contributed by atoms with Crippen LogP contribution in [-0.2, 0) is 35.5 Å². The number of ketones is 4. The quantitative estimate of drug-likeness (QED) is 0.0117. The lowest BCUT2D eigenvalue weighted by Crippen LogP contribution is -2.16.